The molecular weight excluding hydrogens is 244 g/mol. The smallest absolute Gasteiger partial charge is 0.350 e. The van der Waals surface area contributed by atoms with Gasteiger partial charge >= 0.3 is 11.7 Å². The van der Waals surface area contributed by atoms with Crippen LogP contribution in [0.15, 0.2) is 0 Å². The van der Waals surface area contributed by atoms with Gasteiger partial charge in [0.25, 0.3) is 10.0 Å². The number of nitrogens with one attached hydrogen (secondary N) is 1. The van der Waals surface area contributed by atoms with E-state index < -0.39 is 33.7 Å². The first-order valence-electron chi connectivity index (χ1n) is 4.85. The number of hydrogen-bond acceptors (Lipinski definition) is 3. The van der Waals surface area contributed by atoms with E-state index in [1.807, 2.05) is 4.72 Å². The molecule has 94 valence electrons. The van der Waals surface area contributed by atoms with Crippen molar-refractivity contribution in [2.75, 3.05) is 0 Å². The predicted molar refractivity (Wildman–Crippen MR) is 51.4 cm³/mol. The number of carboxylic acid groups (broad SMARTS) is 1. The van der Waals surface area contributed by atoms with Gasteiger partial charge < -0.3 is 5.11 Å². The zero-order chi connectivity index (χ0) is 12.3. The number of alkyl halides is 2. The van der Waals surface area contributed by atoms with Gasteiger partial charge in [-0.3, -0.25) is 4.79 Å². The molecule has 1 fully saturated rings. The highest BCUT2D eigenvalue weighted by Gasteiger charge is 2.32. The SMILES string of the molecule is O=C(O)C1CCCC(NS(=O)(=O)C(F)F)C1. The summed E-state index contributed by atoms with van der Waals surface area (Å²) in [7, 11) is -4.62. The lowest BCUT2D eigenvalue weighted by Crippen LogP contribution is -2.42. The largest absolute Gasteiger partial charge is 0.481 e. The number of carboxylic acids is 1. The van der Waals surface area contributed by atoms with Crippen LogP contribution in [-0.2, 0) is 14.8 Å². The molecule has 2 N–H and O–H groups in total. The van der Waals surface area contributed by atoms with Crippen LogP contribution in [0.25, 0.3) is 0 Å². The highest BCUT2D eigenvalue weighted by atomic mass is 32.2. The van der Waals surface area contributed by atoms with E-state index in [4.69, 9.17) is 5.11 Å². The molecule has 0 heterocycles. The molecular formula is C8H13F2NO4S. The second-order valence-corrected chi connectivity index (χ2v) is 5.50. The van der Waals surface area contributed by atoms with Crippen molar-refractivity contribution >= 4 is 16.0 Å². The van der Waals surface area contributed by atoms with Crippen molar-refractivity contribution in [2.24, 2.45) is 5.92 Å². The molecule has 8 heteroatoms. The highest BCUT2D eigenvalue weighted by molar-refractivity contribution is 7.89. The number of hydrogen-bond donors (Lipinski definition) is 2. The third-order valence-electron chi connectivity index (χ3n) is 2.59. The first-order chi connectivity index (χ1) is 7.33. The van der Waals surface area contributed by atoms with Crippen molar-refractivity contribution in [1.82, 2.24) is 4.72 Å². The number of sulfonamides is 1. The summed E-state index contributed by atoms with van der Waals surface area (Å²) in [6.45, 7) is 0. The molecule has 0 spiro atoms. The van der Waals surface area contributed by atoms with Gasteiger partial charge in [0, 0.05) is 6.04 Å². The van der Waals surface area contributed by atoms with Gasteiger partial charge in [-0.1, -0.05) is 6.42 Å². The van der Waals surface area contributed by atoms with Crippen LogP contribution in [0.1, 0.15) is 25.7 Å². The standard InChI is InChI=1S/C8H13F2NO4S/c9-8(10)16(14,15)11-6-3-1-2-5(4-6)7(12)13/h5-6,8,11H,1-4H2,(H,12,13). The minimum atomic E-state index is -4.62. The van der Waals surface area contributed by atoms with Crippen molar-refractivity contribution in [1.29, 1.82) is 0 Å². The Labute approximate surface area is 91.9 Å². The maximum absolute atomic E-state index is 12.1. The van der Waals surface area contributed by atoms with Gasteiger partial charge in [0.15, 0.2) is 0 Å². The van der Waals surface area contributed by atoms with E-state index in [9.17, 15) is 22.0 Å². The van der Waals surface area contributed by atoms with Crippen LogP contribution in [0.3, 0.4) is 0 Å². The molecule has 2 atom stereocenters. The first kappa shape index (κ1) is 13.3. The maximum Gasteiger partial charge on any atom is 0.350 e. The van der Waals surface area contributed by atoms with Crippen molar-refractivity contribution < 1.29 is 27.1 Å². The topological polar surface area (TPSA) is 83.5 Å². The predicted octanol–water partition coefficient (Wildman–Crippen LogP) is 0.772. The molecule has 0 aromatic rings. The minimum Gasteiger partial charge on any atom is -0.481 e. The van der Waals surface area contributed by atoms with E-state index in [2.05, 4.69) is 0 Å². The van der Waals surface area contributed by atoms with Gasteiger partial charge in [-0.15, -0.1) is 0 Å². The lowest BCUT2D eigenvalue weighted by Gasteiger charge is -2.26. The first-order valence-corrected chi connectivity index (χ1v) is 6.39. The van der Waals surface area contributed by atoms with Crippen molar-refractivity contribution in [2.45, 2.75) is 37.5 Å². The molecule has 0 saturated heterocycles. The molecule has 16 heavy (non-hydrogen) atoms. The maximum atomic E-state index is 12.1. The summed E-state index contributed by atoms with van der Waals surface area (Å²) < 4.78 is 47.7. The normalized spacial score (nSPS) is 26.9. The van der Waals surface area contributed by atoms with Crippen molar-refractivity contribution in [3.05, 3.63) is 0 Å². The Morgan fingerprint density at radius 1 is 1.38 bits per heavy atom. The Morgan fingerprint density at radius 2 is 2.00 bits per heavy atom. The molecule has 0 aliphatic heterocycles. The highest BCUT2D eigenvalue weighted by Crippen LogP contribution is 2.25. The summed E-state index contributed by atoms with van der Waals surface area (Å²) in [5.74, 6) is -5.14. The van der Waals surface area contributed by atoms with Gasteiger partial charge in [-0.05, 0) is 19.3 Å². The summed E-state index contributed by atoms with van der Waals surface area (Å²) in [5, 5.41) is 8.74. The fraction of sp³-hybridized carbons (Fsp3) is 0.875. The van der Waals surface area contributed by atoms with E-state index >= 15 is 0 Å². The van der Waals surface area contributed by atoms with Crippen LogP contribution in [0.5, 0.6) is 0 Å². The van der Waals surface area contributed by atoms with Gasteiger partial charge in [0.2, 0.25) is 0 Å². The molecule has 5 nitrogen and oxygen atoms in total. The zero-order valence-electron chi connectivity index (χ0n) is 8.40. The summed E-state index contributed by atoms with van der Waals surface area (Å²) >= 11 is 0. The monoisotopic (exact) mass is 257 g/mol. The molecule has 0 aromatic heterocycles. The second kappa shape index (κ2) is 5.05. The molecule has 1 saturated carbocycles. The van der Waals surface area contributed by atoms with E-state index in [0.717, 1.165) is 0 Å². The van der Waals surface area contributed by atoms with E-state index in [0.29, 0.717) is 19.3 Å². The Bertz CT molecular complexity index is 357. The van der Waals surface area contributed by atoms with Crippen LogP contribution < -0.4 is 4.72 Å². The van der Waals surface area contributed by atoms with E-state index in [1.165, 1.54) is 0 Å². The third-order valence-corrected chi connectivity index (χ3v) is 3.72. The molecule has 0 radical (unpaired) electrons. The minimum absolute atomic E-state index is 0.0707. The lowest BCUT2D eigenvalue weighted by molar-refractivity contribution is -0.143. The second-order valence-electron chi connectivity index (χ2n) is 3.82. The summed E-state index contributed by atoms with van der Waals surface area (Å²) in [4.78, 5) is 10.7. The quantitative estimate of drug-likeness (QED) is 0.779. The summed E-state index contributed by atoms with van der Waals surface area (Å²) in [5.41, 5.74) is 0. The fourth-order valence-corrected chi connectivity index (χ4v) is 2.59. The third kappa shape index (κ3) is 3.38. The molecule has 2 unspecified atom stereocenters. The molecule has 0 bridgehead atoms. The van der Waals surface area contributed by atoms with Gasteiger partial charge in [0.05, 0.1) is 5.92 Å². The van der Waals surface area contributed by atoms with Crippen LogP contribution in [-0.4, -0.2) is 31.3 Å². The summed E-state index contributed by atoms with van der Waals surface area (Å²) in [6.07, 6.45) is 1.45. The van der Waals surface area contributed by atoms with Gasteiger partial charge in [-0.2, -0.15) is 8.78 Å². The number of carbonyl (C=O) groups is 1. The number of halogens is 2. The average molecular weight is 257 g/mol. The molecule has 0 aromatic carbocycles. The lowest BCUT2D eigenvalue weighted by atomic mass is 9.86. The van der Waals surface area contributed by atoms with Gasteiger partial charge in [0.1, 0.15) is 0 Å². The summed E-state index contributed by atoms with van der Waals surface area (Å²) in [6, 6.07) is -0.700. The Balaban J connectivity index is 2.59. The molecule has 0 amide bonds. The molecule has 1 rings (SSSR count). The Morgan fingerprint density at radius 3 is 2.50 bits per heavy atom. The van der Waals surface area contributed by atoms with E-state index in [1.54, 1.807) is 0 Å². The van der Waals surface area contributed by atoms with Crippen LogP contribution in [0, 0.1) is 5.92 Å². The van der Waals surface area contributed by atoms with Crippen molar-refractivity contribution in [3.63, 3.8) is 0 Å². The van der Waals surface area contributed by atoms with Crippen LogP contribution >= 0.6 is 0 Å². The molecule has 1 aliphatic carbocycles. The Kier molecular flexibility index (Phi) is 4.20. The zero-order valence-corrected chi connectivity index (χ0v) is 9.21. The van der Waals surface area contributed by atoms with Gasteiger partial charge in [-0.25, -0.2) is 13.1 Å². The average Bonchev–Trinajstić information content (AvgIpc) is 2.17. The number of aliphatic carboxylic acids is 1. The van der Waals surface area contributed by atoms with Crippen LogP contribution in [0.2, 0.25) is 0 Å². The Hall–Kier alpha value is -0.760. The van der Waals surface area contributed by atoms with E-state index in [-0.39, 0.29) is 6.42 Å². The molecule has 1 aliphatic rings. The fourth-order valence-electron chi connectivity index (χ4n) is 1.80. The van der Waals surface area contributed by atoms with Crippen molar-refractivity contribution in [3.8, 4) is 0 Å². The number of rotatable bonds is 4. The van der Waals surface area contributed by atoms with Crippen LogP contribution in [0.4, 0.5) is 8.78 Å².